The number of hydrogen-bond donors (Lipinski definition) is 2. The van der Waals surface area contributed by atoms with Crippen molar-refractivity contribution in [1.29, 1.82) is 0 Å². The molecule has 0 aromatic rings. The Labute approximate surface area is 103 Å². The standard InChI is InChI=1S/C13H24N2O2/c1-2-3-5-8-11(16)15-13(12(14)17)9-6-4-7-10-13/h2-10H2,1H3,(H2,14,17)(H,15,16). The smallest absolute Gasteiger partial charge is 0.243 e. The second-order valence-corrected chi connectivity index (χ2v) is 5.01. The lowest BCUT2D eigenvalue weighted by Crippen LogP contribution is -2.58. The van der Waals surface area contributed by atoms with Gasteiger partial charge in [-0.05, 0) is 19.3 Å². The summed E-state index contributed by atoms with van der Waals surface area (Å²) in [7, 11) is 0. The summed E-state index contributed by atoms with van der Waals surface area (Å²) in [4.78, 5) is 23.3. The number of hydrogen-bond acceptors (Lipinski definition) is 2. The van der Waals surface area contributed by atoms with Gasteiger partial charge >= 0.3 is 0 Å². The molecule has 98 valence electrons. The molecule has 4 nitrogen and oxygen atoms in total. The molecule has 2 amide bonds. The van der Waals surface area contributed by atoms with E-state index in [0.717, 1.165) is 38.5 Å². The van der Waals surface area contributed by atoms with Crippen LogP contribution in [-0.4, -0.2) is 17.4 Å². The molecular formula is C13H24N2O2. The predicted octanol–water partition coefficient (Wildman–Crippen LogP) is 1.87. The van der Waals surface area contributed by atoms with Crippen LogP contribution in [0.5, 0.6) is 0 Å². The van der Waals surface area contributed by atoms with E-state index in [9.17, 15) is 9.59 Å². The first kappa shape index (κ1) is 14.0. The van der Waals surface area contributed by atoms with Gasteiger partial charge in [0, 0.05) is 6.42 Å². The maximum absolute atomic E-state index is 11.8. The van der Waals surface area contributed by atoms with Crippen molar-refractivity contribution in [2.24, 2.45) is 5.73 Å². The maximum Gasteiger partial charge on any atom is 0.243 e. The van der Waals surface area contributed by atoms with Crippen molar-refractivity contribution in [2.75, 3.05) is 0 Å². The summed E-state index contributed by atoms with van der Waals surface area (Å²) in [6, 6.07) is 0. The summed E-state index contributed by atoms with van der Waals surface area (Å²) < 4.78 is 0. The van der Waals surface area contributed by atoms with Gasteiger partial charge in [0.15, 0.2) is 0 Å². The van der Waals surface area contributed by atoms with Crippen molar-refractivity contribution in [2.45, 2.75) is 70.3 Å². The molecule has 1 fully saturated rings. The van der Waals surface area contributed by atoms with Crippen LogP contribution in [0.25, 0.3) is 0 Å². The normalized spacial score (nSPS) is 18.6. The predicted molar refractivity (Wildman–Crippen MR) is 67.3 cm³/mol. The highest BCUT2D eigenvalue weighted by atomic mass is 16.2. The Hall–Kier alpha value is -1.06. The average molecular weight is 240 g/mol. The number of unbranched alkanes of at least 4 members (excludes halogenated alkanes) is 2. The van der Waals surface area contributed by atoms with Crippen molar-refractivity contribution < 1.29 is 9.59 Å². The summed E-state index contributed by atoms with van der Waals surface area (Å²) in [6.07, 6.45) is 7.99. The van der Waals surface area contributed by atoms with E-state index in [0.29, 0.717) is 19.3 Å². The molecule has 0 aliphatic heterocycles. The van der Waals surface area contributed by atoms with Crippen molar-refractivity contribution in [3.63, 3.8) is 0 Å². The zero-order valence-corrected chi connectivity index (χ0v) is 10.8. The van der Waals surface area contributed by atoms with Crippen molar-refractivity contribution in [3.8, 4) is 0 Å². The van der Waals surface area contributed by atoms with Crippen molar-refractivity contribution in [1.82, 2.24) is 5.32 Å². The second kappa shape index (κ2) is 6.62. The van der Waals surface area contributed by atoms with Crippen LogP contribution < -0.4 is 11.1 Å². The number of amides is 2. The number of nitrogens with two attached hydrogens (primary N) is 1. The third kappa shape index (κ3) is 4.02. The summed E-state index contributed by atoms with van der Waals surface area (Å²) in [5, 5.41) is 2.88. The monoisotopic (exact) mass is 240 g/mol. The third-order valence-corrected chi connectivity index (χ3v) is 3.56. The zero-order chi connectivity index (χ0) is 12.7. The molecule has 1 rings (SSSR count). The van der Waals surface area contributed by atoms with E-state index in [2.05, 4.69) is 12.2 Å². The quantitative estimate of drug-likeness (QED) is 0.696. The lowest BCUT2D eigenvalue weighted by atomic mass is 9.81. The molecular weight excluding hydrogens is 216 g/mol. The van der Waals surface area contributed by atoms with Gasteiger partial charge in [-0.15, -0.1) is 0 Å². The van der Waals surface area contributed by atoms with Gasteiger partial charge in [-0.2, -0.15) is 0 Å². The molecule has 0 bridgehead atoms. The average Bonchev–Trinajstić information content (AvgIpc) is 2.30. The van der Waals surface area contributed by atoms with Crippen molar-refractivity contribution >= 4 is 11.8 Å². The van der Waals surface area contributed by atoms with Gasteiger partial charge in [0.25, 0.3) is 0 Å². The molecule has 0 unspecified atom stereocenters. The first-order chi connectivity index (χ1) is 8.10. The van der Waals surface area contributed by atoms with Gasteiger partial charge in [-0.3, -0.25) is 9.59 Å². The first-order valence-corrected chi connectivity index (χ1v) is 6.71. The van der Waals surface area contributed by atoms with Crippen LogP contribution in [0.2, 0.25) is 0 Å². The topological polar surface area (TPSA) is 72.2 Å². The Morgan fingerprint density at radius 3 is 2.35 bits per heavy atom. The molecule has 0 atom stereocenters. The SMILES string of the molecule is CCCCCC(=O)NC1(C(N)=O)CCCCC1. The molecule has 0 radical (unpaired) electrons. The van der Waals surface area contributed by atoms with E-state index < -0.39 is 5.54 Å². The Kier molecular flexibility index (Phi) is 5.45. The lowest BCUT2D eigenvalue weighted by molar-refractivity contribution is -0.133. The van der Waals surface area contributed by atoms with Gasteiger partial charge < -0.3 is 11.1 Å². The molecule has 0 heterocycles. The molecule has 0 spiro atoms. The number of nitrogens with one attached hydrogen (secondary N) is 1. The Morgan fingerprint density at radius 1 is 1.18 bits per heavy atom. The molecule has 1 aliphatic rings. The van der Waals surface area contributed by atoms with E-state index in [4.69, 9.17) is 5.73 Å². The van der Waals surface area contributed by atoms with Gasteiger partial charge in [-0.1, -0.05) is 39.0 Å². The molecule has 4 heteroatoms. The van der Waals surface area contributed by atoms with E-state index in [1.807, 2.05) is 0 Å². The molecule has 0 aromatic heterocycles. The van der Waals surface area contributed by atoms with E-state index in [1.165, 1.54) is 0 Å². The fourth-order valence-electron chi connectivity index (χ4n) is 2.45. The first-order valence-electron chi connectivity index (χ1n) is 6.71. The minimum Gasteiger partial charge on any atom is -0.368 e. The van der Waals surface area contributed by atoms with E-state index in [1.54, 1.807) is 0 Å². The summed E-state index contributed by atoms with van der Waals surface area (Å²) in [5.41, 5.74) is 4.69. The zero-order valence-electron chi connectivity index (χ0n) is 10.8. The summed E-state index contributed by atoms with van der Waals surface area (Å²) in [6.45, 7) is 2.10. The molecule has 0 aromatic carbocycles. The minimum atomic E-state index is -0.762. The molecule has 1 saturated carbocycles. The van der Waals surface area contributed by atoms with E-state index in [-0.39, 0.29) is 11.8 Å². The van der Waals surface area contributed by atoms with Crippen LogP contribution in [0.1, 0.15) is 64.7 Å². The van der Waals surface area contributed by atoms with Crippen LogP contribution in [0.15, 0.2) is 0 Å². The van der Waals surface area contributed by atoms with Crippen LogP contribution in [0.3, 0.4) is 0 Å². The van der Waals surface area contributed by atoms with Gasteiger partial charge in [-0.25, -0.2) is 0 Å². The van der Waals surface area contributed by atoms with Gasteiger partial charge in [0.2, 0.25) is 11.8 Å². The van der Waals surface area contributed by atoms with Gasteiger partial charge in [0.1, 0.15) is 5.54 Å². The molecule has 1 aliphatic carbocycles. The third-order valence-electron chi connectivity index (χ3n) is 3.56. The minimum absolute atomic E-state index is 0.0286. The van der Waals surface area contributed by atoms with Crippen LogP contribution in [0.4, 0.5) is 0 Å². The van der Waals surface area contributed by atoms with Crippen LogP contribution >= 0.6 is 0 Å². The highest BCUT2D eigenvalue weighted by Crippen LogP contribution is 2.28. The van der Waals surface area contributed by atoms with Crippen molar-refractivity contribution in [3.05, 3.63) is 0 Å². The molecule has 17 heavy (non-hydrogen) atoms. The Bertz CT molecular complexity index is 271. The Balaban J connectivity index is 2.48. The number of carbonyl (C=O) groups excluding carboxylic acids is 2. The fraction of sp³-hybridized carbons (Fsp3) is 0.846. The fourth-order valence-corrected chi connectivity index (χ4v) is 2.45. The highest BCUT2D eigenvalue weighted by Gasteiger charge is 2.38. The number of rotatable bonds is 6. The van der Waals surface area contributed by atoms with Crippen LogP contribution in [-0.2, 0) is 9.59 Å². The summed E-state index contributed by atoms with van der Waals surface area (Å²) >= 11 is 0. The highest BCUT2D eigenvalue weighted by molar-refractivity contribution is 5.90. The summed E-state index contributed by atoms with van der Waals surface area (Å²) in [5.74, 6) is -0.403. The Morgan fingerprint density at radius 2 is 1.82 bits per heavy atom. The van der Waals surface area contributed by atoms with Crippen LogP contribution in [0, 0.1) is 0 Å². The number of primary amides is 1. The maximum atomic E-state index is 11.8. The lowest BCUT2D eigenvalue weighted by Gasteiger charge is -2.35. The van der Waals surface area contributed by atoms with Gasteiger partial charge in [0.05, 0.1) is 0 Å². The number of carbonyl (C=O) groups is 2. The second-order valence-electron chi connectivity index (χ2n) is 5.01. The van der Waals surface area contributed by atoms with E-state index >= 15 is 0 Å². The largest absolute Gasteiger partial charge is 0.368 e. The molecule has 0 saturated heterocycles. The molecule has 3 N–H and O–H groups in total.